The number of hydrogen-bond acceptors (Lipinski definition) is 4. The molecule has 1 aliphatic heterocycles. The van der Waals surface area contributed by atoms with Crippen LogP contribution in [0.5, 0.6) is 11.5 Å². The van der Waals surface area contributed by atoms with E-state index in [4.69, 9.17) is 21.1 Å². The molecule has 0 atom stereocenters. The lowest BCUT2D eigenvalue weighted by molar-refractivity contribution is -0.121. The first-order valence-corrected chi connectivity index (χ1v) is 8.24. The van der Waals surface area contributed by atoms with Crippen molar-refractivity contribution in [2.24, 2.45) is 0 Å². The van der Waals surface area contributed by atoms with Crippen LogP contribution in [0.25, 0.3) is 0 Å². The number of ether oxygens (including phenoxy) is 2. The van der Waals surface area contributed by atoms with Gasteiger partial charge in [-0.05, 0) is 23.8 Å². The Balaban J connectivity index is 1.43. The molecule has 1 heterocycles. The van der Waals surface area contributed by atoms with Crippen molar-refractivity contribution in [3.63, 3.8) is 0 Å². The molecule has 6 heteroatoms. The third-order valence-electron chi connectivity index (χ3n) is 3.66. The lowest BCUT2D eigenvalue weighted by Crippen LogP contribution is -2.25. The van der Waals surface area contributed by atoms with Crippen molar-refractivity contribution in [2.45, 2.75) is 13.0 Å². The summed E-state index contributed by atoms with van der Waals surface area (Å²) in [6.07, 6.45) is 0.374. The molecule has 2 aromatic rings. The Kier molecular flexibility index (Phi) is 5.43. The molecular weight excluding hydrogens is 328 g/mol. The molecule has 0 unspecified atom stereocenters. The number of benzene rings is 2. The van der Waals surface area contributed by atoms with E-state index in [0.29, 0.717) is 37.7 Å². The second-order valence-corrected chi connectivity index (χ2v) is 5.81. The maximum absolute atomic E-state index is 11.9. The number of halogens is 1. The summed E-state index contributed by atoms with van der Waals surface area (Å²) in [5.74, 6) is 1.46. The van der Waals surface area contributed by atoms with Crippen molar-refractivity contribution in [2.75, 3.05) is 25.1 Å². The molecule has 0 bridgehead atoms. The fourth-order valence-corrected chi connectivity index (χ4v) is 2.60. The van der Waals surface area contributed by atoms with Gasteiger partial charge in [-0.25, -0.2) is 0 Å². The smallest absolute Gasteiger partial charge is 0.222 e. The first-order chi connectivity index (χ1) is 11.7. The molecule has 0 radical (unpaired) electrons. The summed E-state index contributed by atoms with van der Waals surface area (Å²) in [6.45, 7) is 2.10. The molecule has 2 aromatic carbocycles. The Morgan fingerprint density at radius 1 is 1.08 bits per heavy atom. The molecule has 24 heavy (non-hydrogen) atoms. The number of rotatable bonds is 6. The number of amides is 1. The first kappa shape index (κ1) is 16.5. The van der Waals surface area contributed by atoms with Gasteiger partial charge in [-0.15, -0.1) is 0 Å². The van der Waals surface area contributed by atoms with Gasteiger partial charge < -0.3 is 20.1 Å². The Hall–Kier alpha value is -2.40. The Morgan fingerprint density at radius 3 is 2.71 bits per heavy atom. The number of fused-ring (bicyclic) bond motifs is 1. The normalized spacial score (nSPS) is 12.5. The van der Waals surface area contributed by atoms with Gasteiger partial charge in [0.15, 0.2) is 11.5 Å². The molecule has 0 saturated heterocycles. The van der Waals surface area contributed by atoms with Gasteiger partial charge in [-0.1, -0.05) is 29.8 Å². The van der Waals surface area contributed by atoms with E-state index in [9.17, 15) is 4.79 Å². The zero-order chi connectivity index (χ0) is 16.8. The van der Waals surface area contributed by atoms with Crippen LogP contribution in [-0.2, 0) is 11.3 Å². The molecule has 1 amide bonds. The summed E-state index contributed by atoms with van der Waals surface area (Å²) in [5.41, 5.74) is 1.81. The summed E-state index contributed by atoms with van der Waals surface area (Å²) in [5, 5.41) is 6.74. The van der Waals surface area contributed by atoms with Crippen LogP contribution in [0.4, 0.5) is 5.69 Å². The van der Waals surface area contributed by atoms with E-state index in [1.54, 1.807) is 0 Å². The monoisotopic (exact) mass is 346 g/mol. The van der Waals surface area contributed by atoms with Gasteiger partial charge in [0, 0.05) is 36.3 Å². The van der Waals surface area contributed by atoms with E-state index < -0.39 is 0 Å². The minimum atomic E-state index is -0.0278. The summed E-state index contributed by atoms with van der Waals surface area (Å²) < 4.78 is 11.0. The van der Waals surface area contributed by atoms with Crippen LogP contribution in [-0.4, -0.2) is 25.7 Å². The van der Waals surface area contributed by atoms with E-state index in [0.717, 1.165) is 22.7 Å². The lowest BCUT2D eigenvalue weighted by atomic mass is 10.2. The van der Waals surface area contributed by atoms with Crippen molar-refractivity contribution < 1.29 is 14.3 Å². The summed E-state index contributed by atoms with van der Waals surface area (Å²) >= 11 is 6.06. The summed E-state index contributed by atoms with van der Waals surface area (Å²) in [6, 6.07) is 13.1. The average Bonchev–Trinajstić information content (AvgIpc) is 2.61. The molecule has 1 aliphatic rings. The lowest BCUT2D eigenvalue weighted by Gasteiger charge is -2.19. The SMILES string of the molecule is O=C(CCNc1ccc2c(c1)OCCO2)NCc1ccccc1Cl. The van der Waals surface area contributed by atoms with E-state index in [-0.39, 0.29) is 5.91 Å². The van der Waals surface area contributed by atoms with Gasteiger partial charge in [0.2, 0.25) is 5.91 Å². The second kappa shape index (κ2) is 7.93. The highest BCUT2D eigenvalue weighted by Crippen LogP contribution is 2.32. The highest BCUT2D eigenvalue weighted by Gasteiger charge is 2.11. The van der Waals surface area contributed by atoms with E-state index in [2.05, 4.69) is 10.6 Å². The highest BCUT2D eigenvalue weighted by atomic mass is 35.5. The molecule has 0 aliphatic carbocycles. The number of hydrogen-bond donors (Lipinski definition) is 2. The molecule has 3 rings (SSSR count). The van der Waals surface area contributed by atoms with Gasteiger partial charge in [0.25, 0.3) is 0 Å². The van der Waals surface area contributed by atoms with Crippen LogP contribution in [0.1, 0.15) is 12.0 Å². The second-order valence-electron chi connectivity index (χ2n) is 5.40. The van der Waals surface area contributed by atoms with Crippen LogP contribution < -0.4 is 20.1 Å². The molecule has 0 saturated carbocycles. The molecule has 0 fully saturated rings. The fourth-order valence-electron chi connectivity index (χ4n) is 2.40. The maximum atomic E-state index is 11.9. The number of carbonyl (C=O) groups is 1. The zero-order valence-electron chi connectivity index (χ0n) is 13.2. The molecular formula is C18H19ClN2O3. The largest absolute Gasteiger partial charge is 0.486 e. The van der Waals surface area contributed by atoms with Crippen molar-refractivity contribution >= 4 is 23.2 Å². The van der Waals surface area contributed by atoms with Crippen molar-refractivity contribution in [3.8, 4) is 11.5 Å². The standard InChI is InChI=1S/C18H19ClN2O3/c19-15-4-2-1-3-13(15)12-21-18(22)7-8-20-14-5-6-16-17(11-14)24-10-9-23-16/h1-6,11,20H,7-10,12H2,(H,21,22). The van der Waals surface area contributed by atoms with Crippen LogP contribution in [0.3, 0.4) is 0 Å². The molecule has 0 aromatic heterocycles. The third-order valence-corrected chi connectivity index (χ3v) is 4.03. The fraction of sp³-hybridized carbons (Fsp3) is 0.278. The van der Waals surface area contributed by atoms with Crippen LogP contribution in [0.2, 0.25) is 5.02 Å². The van der Waals surface area contributed by atoms with Gasteiger partial charge in [-0.2, -0.15) is 0 Å². The van der Waals surface area contributed by atoms with Crippen molar-refractivity contribution in [3.05, 3.63) is 53.1 Å². The topological polar surface area (TPSA) is 59.6 Å². The molecule has 0 spiro atoms. The summed E-state index contributed by atoms with van der Waals surface area (Å²) in [4.78, 5) is 11.9. The first-order valence-electron chi connectivity index (χ1n) is 7.86. The number of nitrogens with one attached hydrogen (secondary N) is 2. The van der Waals surface area contributed by atoms with Crippen molar-refractivity contribution in [1.29, 1.82) is 0 Å². The van der Waals surface area contributed by atoms with Gasteiger partial charge in [0.1, 0.15) is 13.2 Å². The predicted octanol–water partition coefficient (Wildman–Crippen LogP) is 3.23. The van der Waals surface area contributed by atoms with E-state index in [1.165, 1.54) is 0 Å². The molecule has 5 nitrogen and oxygen atoms in total. The third kappa shape index (κ3) is 4.32. The van der Waals surface area contributed by atoms with Gasteiger partial charge >= 0.3 is 0 Å². The quantitative estimate of drug-likeness (QED) is 0.843. The number of carbonyl (C=O) groups excluding carboxylic acids is 1. The Labute approximate surface area is 145 Å². The zero-order valence-corrected chi connectivity index (χ0v) is 13.9. The van der Waals surface area contributed by atoms with Gasteiger partial charge in [-0.3, -0.25) is 4.79 Å². The predicted molar refractivity (Wildman–Crippen MR) is 93.8 cm³/mol. The van der Waals surface area contributed by atoms with E-state index in [1.807, 2.05) is 42.5 Å². The summed E-state index contributed by atoms with van der Waals surface area (Å²) in [7, 11) is 0. The molecule has 2 N–H and O–H groups in total. The van der Waals surface area contributed by atoms with Crippen LogP contribution in [0, 0.1) is 0 Å². The minimum Gasteiger partial charge on any atom is -0.486 e. The molecule has 126 valence electrons. The highest BCUT2D eigenvalue weighted by molar-refractivity contribution is 6.31. The van der Waals surface area contributed by atoms with Crippen LogP contribution in [0.15, 0.2) is 42.5 Å². The van der Waals surface area contributed by atoms with Gasteiger partial charge in [0.05, 0.1) is 0 Å². The maximum Gasteiger partial charge on any atom is 0.222 e. The van der Waals surface area contributed by atoms with Crippen molar-refractivity contribution in [1.82, 2.24) is 5.32 Å². The Bertz CT molecular complexity index is 721. The Morgan fingerprint density at radius 2 is 1.88 bits per heavy atom. The van der Waals surface area contributed by atoms with Crippen LogP contribution >= 0.6 is 11.6 Å². The average molecular weight is 347 g/mol. The van der Waals surface area contributed by atoms with E-state index >= 15 is 0 Å². The number of anilines is 1. The minimum absolute atomic E-state index is 0.0278.